The highest BCUT2D eigenvalue weighted by atomic mass is 19.1. The number of anilines is 2. The number of fused-ring (bicyclic) bond motifs is 1. The van der Waals surface area contributed by atoms with Gasteiger partial charge in [0.25, 0.3) is 0 Å². The molecule has 3 heteroatoms. The number of hydrogen-bond acceptors (Lipinski definition) is 2. The molecule has 0 amide bonds. The van der Waals surface area contributed by atoms with Crippen LogP contribution in [0.25, 0.3) is 0 Å². The Morgan fingerprint density at radius 3 is 2.56 bits per heavy atom. The van der Waals surface area contributed by atoms with Crippen LogP contribution in [-0.2, 0) is 0 Å². The molecule has 0 fully saturated rings. The molecule has 1 N–H and O–H groups in total. The lowest BCUT2D eigenvalue weighted by molar-refractivity contribution is 0.356. The summed E-state index contributed by atoms with van der Waals surface area (Å²) in [6.07, 6.45) is 0. The third-order valence-corrected chi connectivity index (χ3v) is 3.40. The number of nitrogens with one attached hydrogen (secondary N) is 1. The highest BCUT2D eigenvalue weighted by Crippen LogP contribution is 2.37. The van der Waals surface area contributed by atoms with E-state index in [9.17, 15) is 4.39 Å². The first kappa shape index (κ1) is 13.2. The Kier molecular flexibility index (Phi) is 3.04. The third kappa shape index (κ3) is 2.60. The molecule has 0 aromatic heterocycles. The average Bonchev–Trinajstić information content (AvgIpc) is 2.35. The van der Waals surface area contributed by atoms with Crippen LogP contribution in [0.15, 0.2) is 18.2 Å². The molecule has 0 bridgehead atoms. The van der Waals surface area contributed by atoms with Crippen molar-refractivity contribution in [1.82, 2.24) is 0 Å². The molecule has 1 aliphatic heterocycles. The predicted molar refractivity (Wildman–Crippen MR) is 75.8 cm³/mol. The van der Waals surface area contributed by atoms with Gasteiger partial charge >= 0.3 is 0 Å². The number of benzene rings is 1. The highest BCUT2D eigenvalue weighted by Gasteiger charge is 2.33. The van der Waals surface area contributed by atoms with E-state index in [1.165, 1.54) is 6.07 Å². The fraction of sp³-hybridized carbons (Fsp3) is 0.600. The minimum atomic E-state index is -0.185. The summed E-state index contributed by atoms with van der Waals surface area (Å²) in [6, 6.07) is 5.01. The van der Waals surface area contributed by atoms with Crippen LogP contribution >= 0.6 is 0 Å². The van der Waals surface area contributed by atoms with Crippen LogP contribution in [0.1, 0.15) is 34.6 Å². The van der Waals surface area contributed by atoms with Crippen molar-refractivity contribution in [1.29, 1.82) is 0 Å². The second-order valence-corrected chi connectivity index (χ2v) is 6.94. The zero-order valence-corrected chi connectivity index (χ0v) is 12.0. The Balaban J connectivity index is 2.50. The van der Waals surface area contributed by atoms with Gasteiger partial charge in [-0.1, -0.05) is 13.8 Å². The molecular weight excluding hydrogens is 227 g/mol. The van der Waals surface area contributed by atoms with Crippen LogP contribution in [0.4, 0.5) is 15.8 Å². The van der Waals surface area contributed by atoms with Gasteiger partial charge < -0.3 is 10.2 Å². The Morgan fingerprint density at radius 2 is 1.94 bits per heavy atom. The van der Waals surface area contributed by atoms with Gasteiger partial charge in [-0.2, -0.15) is 0 Å². The summed E-state index contributed by atoms with van der Waals surface area (Å²) >= 11 is 0. The van der Waals surface area contributed by atoms with Crippen LogP contribution in [0.3, 0.4) is 0 Å². The van der Waals surface area contributed by atoms with E-state index in [2.05, 4.69) is 44.8 Å². The fourth-order valence-electron chi connectivity index (χ4n) is 2.39. The predicted octanol–water partition coefficient (Wildman–Crippen LogP) is 3.88. The van der Waals surface area contributed by atoms with Crippen molar-refractivity contribution in [2.45, 2.75) is 40.2 Å². The lowest BCUT2D eigenvalue weighted by atomic mass is 9.91. The van der Waals surface area contributed by atoms with E-state index < -0.39 is 0 Å². The van der Waals surface area contributed by atoms with Crippen LogP contribution in [0.2, 0.25) is 0 Å². The molecule has 0 aliphatic carbocycles. The van der Waals surface area contributed by atoms with E-state index in [0.29, 0.717) is 0 Å². The van der Waals surface area contributed by atoms with E-state index in [4.69, 9.17) is 0 Å². The first-order chi connectivity index (χ1) is 8.19. The topological polar surface area (TPSA) is 15.3 Å². The Hall–Kier alpha value is -1.25. The molecule has 0 saturated heterocycles. The van der Waals surface area contributed by atoms with Crippen LogP contribution in [0, 0.1) is 11.2 Å². The van der Waals surface area contributed by atoms with E-state index >= 15 is 0 Å². The zero-order chi connectivity index (χ0) is 13.6. The van der Waals surface area contributed by atoms with E-state index in [1.807, 2.05) is 6.07 Å². The molecular formula is C15H23FN2. The van der Waals surface area contributed by atoms with Gasteiger partial charge in [0.05, 0.1) is 11.4 Å². The minimum Gasteiger partial charge on any atom is -0.383 e. The Labute approximate surface area is 109 Å². The van der Waals surface area contributed by atoms with Gasteiger partial charge in [0.15, 0.2) is 0 Å². The lowest BCUT2D eigenvalue weighted by Gasteiger charge is -2.41. The maximum absolute atomic E-state index is 13.4. The molecule has 0 saturated carbocycles. The van der Waals surface area contributed by atoms with Crippen LogP contribution < -0.4 is 10.2 Å². The maximum Gasteiger partial charge on any atom is 0.125 e. The fourth-order valence-corrected chi connectivity index (χ4v) is 2.39. The first-order valence-electron chi connectivity index (χ1n) is 6.50. The molecule has 1 heterocycles. The van der Waals surface area contributed by atoms with Crippen molar-refractivity contribution >= 4 is 11.4 Å². The molecule has 0 unspecified atom stereocenters. The number of halogens is 1. The maximum atomic E-state index is 13.4. The number of rotatable bonds is 0. The van der Waals surface area contributed by atoms with Crippen molar-refractivity contribution < 1.29 is 4.39 Å². The average molecular weight is 250 g/mol. The van der Waals surface area contributed by atoms with E-state index in [0.717, 1.165) is 24.5 Å². The first-order valence-corrected chi connectivity index (χ1v) is 6.50. The van der Waals surface area contributed by atoms with Gasteiger partial charge in [0, 0.05) is 18.6 Å². The summed E-state index contributed by atoms with van der Waals surface area (Å²) in [5, 5.41) is 3.38. The van der Waals surface area contributed by atoms with E-state index in [1.54, 1.807) is 6.07 Å². The zero-order valence-electron chi connectivity index (χ0n) is 12.0. The van der Waals surface area contributed by atoms with Gasteiger partial charge in [0.2, 0.25) is 0 Å². The molecule has 0 atom stereocenters. The third-order valence-electron chi connectivity index (χ3n) is 3.40. The van der Waals surface area contributed by atoms with Crippen molar-refractivity contribution in [3.05, 3.63) is 24.0 Å². The largest absolute Gasteiger partial charge is 0.383 e. The SMILES string of the molecule is CC1(C)CNc2cc(F)ccc2N(C(C)(C)C)C1. The van der Waals surface area contributed by atoms with Crippen LogP contribution in [0.5, 0.6) is 0 Å². The Morgan fingerprint density at radius 1 is 1.28 bits per heavy atom. The summed E-state index contributed by atoms with van der Waals surface area (Å²) in [5.74, 6) is -0.185. The van der Waals surface area contributed by atoms with E-state index in [-0.39, 0.29) is 16.8 Å². The minimum absolute atomic E-state index is 0.0237. The lowest BCUT2D eigenvalue weighted by Crippen LogP contribution is -2.46. The van der Waals surface area contributed by atoms with Crippen LogP contribution in [-0.4, -0.2) is 18.6 Å². The molecule has 1 aliphatic rings. The molecule has 100 valence electrons. The second kappa shape index (κ2) is 4.15. The monoisotopic (exact) mass is 250 g/mol. The van der Waals surface area contributed by atoms with Crippen molar-refractivity contribution in [2.24, 2.45) is 5.41 Å². The van der Waals surface area contributed by atoms with Gasteiger partial charge in [-0.25, -0.2) is 4.39 Å². The standard InChI is InChI=1S/C15H23FN2/c1-14(2,3)18-10-15(4,5)9-17-12-8-11(16)6-7-13(12)18/h6-8,17H,9-10H2,1-5H3. The summed E-state index contributed by atoms with van der Waals surface area (Å²) in [7, 11) is 0. The highest BCUT2D eigenvalue weighted by molar-refractivity contribution is 5.72. The van der Waals surface area contributed by atoms with Gasteiger partial charge in [-0.15, -0.1) is 0 Å². The normalized spacial score (nSPS) is 18.9. The van der Waals surface area contributed by atoms with Gasteiger partial charge in [0.1, 0.15) is 5.82 Å². The molecule has 0 spiro atoms. The molecule has 2 nitrogen and oxygen atoms in total. The Bertz CT molecular complexity index is 446. The second-order valence-electron chi connectivity index (χ2n) is 6.94. The summed E-state index contributed by atoms with van der Waals surface area (Å²) in [6.45, 7) is 12.9. The molecule has 0 radical (unpaired) electrons. The number of nitrogens with zero attached hydrogens (tertiary/aromatic N) is 1. The van der Waals surface area contributed by atoms with Crippen molar-refractivity contribution in [2.75, 3.05) is 23.3 Å². The number of hydrogen-bond donors (Lipinski definition) is 1. The molecule has 18 heavy (non-hydrogen) atoms. The van der Waals surface area contributed by atoms with Gasteiger partial charge in [-0.3, -0.25) is 0 Å². The summed E-state index contributed by atoms with van der Waals surface area (Å²) in [4.78, 5) is 2.36. The van der Waals surface area contributed by atoms with Crippen molar-refractivity contribution in [3.63, 3.8) is 0 Å². The van der Waals surface area contributed by atoms with Crippen molar-refractivity contribution in [3.8, 4) is 0 Å². The molecule has 1 aromatic rings. The molecule has 1 aromatic carbocycles. The molecule has 2 rings (SSSR count). The summed E-state index contributed by atoms with van der Waals surface area (Å²) in [5.41, 5.74) is 2.17. The smallest absolute Gasteiger partial charge is 0.125 e. The summed E-state index contributed by atoms with van der Waals surface area (Å²) < 4.78 is 13.4. The quantitative estimate of drug-likeness (QED) is 0.751. The van der Waals surface area contributed by atoms with Gasteiger partial charge in [-0.05, 0) is 44.4 Å².